The van der Waals surface area contributed by atoms with Crippen molar-refractivity contribution in [2.45, 2.75) is 19.9 Å². The number of urea groups is 1. The average molecular weight is 299 g/mol. The van der Waals surface area contributed by atoms with Crippen molar-refractivity contribution < 1.29 is 14.7 Å². The molecule has 0 aliphatic heterocycles. The Labute approximate surface area is 123 Å². The van der Waals surface area contributed by atoms with Crippen LogP contribution < -0.4 is 5.32 Å². The van der Waals surface area contributed by atoms with Crippen molar-refractivity contribution in [3.8, 4) is 0 Å². The van der Waals surface area contributed by atoms with Gasteiger partial charge in [0.1, 0.15) is 0 Å². The number of benzene rings is 1. The molecule has 1 aromatic rings. The number of halogens is 1. The summed E-state index contributed by atoms with van der Waals surface area (Å²) in [5.41, 5.74) is 0.918. The number of nitrogens with one attached hydrogen (secondary N) is 1. The third-order valence-electron chi connectivity index (χ3n) is 3.21. The summed E-state index contributed by atoms with van der Waals surface area (Å²) >= 11 is 5.93. The Hall–Kier alpha value is -1.75. The van der Waals surface area contributed by atoms with Crippen molar-refractivity contribution in [1.82, 2.24) is 10.2 Å². The molecule has 0 bridgehead atoms. The first kappa shape index (κ1) is 16.3. The highest BCUT2D eigenvalue weighted by Gasteiger charge is 2.19. The minimum absolute atomic E-state index is 0.0980. The van der Waals surface area contributed by atoms with E-state index in [4.69, 9.17) is 16.7 Å². The standard InChI is InChI=1S/C14H19ClN2O3/c1-9(13(18)19)8-16-14(20)17(3)10(2)11-5-4-6-12(15)7-11/h4-7,9-10H,8H2,1-3H3,(H,16,20)(H,18,19). The van der Waals surface area contributed by atoms with E-state index in [1.807, 2.05) is 19.1 Å². The number of carboxylic acid groups (broad SMARTS) is 1. The van der Waals surface area contributed by atoms with E-state index in [1.165, 1.54) is 4.90 Å². The van der Waals surface area contributed by atoms with Crippen LogP contribution in [0.3, 0.4) is 0 Å². The second kappa shape index (κ2) is 7.14. The Morgan fingerprint density at radius 1 is 1.40 bits per heavy atom. The van der Waals surface area contributed by atoms with Gasteiger partial charge in [0.2, 0.25) is 0 Å². The monoisotopic (exact) mass is 298 g/mol. The van der Waals surface area contributed by atoms with Gasteiger partial charge in [-0.05, 0) is 24.6 Å². The van der Waals surface area contributed by atoms with Crippen LogP contribution in [-0.2, 0) is 4.79 Å². The van der Waals surface area contributed by atoms with Crippen molar-refractivity contribution >= 4 is 23.6 Å². The Balaban J connectivity index is 2.62. The summed E-state index contributed by atoms with van der Waals surface area (Å²) in [6.45, 7) is 3.52. The molecule has 0 aliphatic rings. The van der Waals surface area contributed by atoms with Gasteiger partial charge in [0.25, 0.3) is 0 Å². The van der Waals surface area contributed by atoms with E-state index in [2.05, 4.69) is 5.32 Å². The first-order valence-corrected chi connectivity index (χ1v) is 6.69. The van der Waals surface area contributed by atoms with E-state index in [0.717, 1.165) is 5.56 Å². The maximum Gasteiger partial charge on any atom is 0.317 e. The van der Waals surface area contributed by atoms with Gasteiger partial charge < -0.3 is 15.3 Å². The van der Waals surface area contributed by atoms with Crippen LogP contribution in [0, 0.1) is 5.92 Å². The maximum atomic E-state index is 12.0. The minimum Gasteiger partial charge on any atom is -0.481 e. The molecule has 20 heavy (non-hydrogen) atoms. The van der Waals surface area contributed by atoms with Crippen molar-refractivity contribution in [3.05, 3.63) is 34.9 Å². The Morgan fingerprint density at radius 3 is 2.60 bits per heavy atom. The number of amides is 2. The van der Waals surface area contributed by atoms with Crippen LogP contribution in [0.15, 0.2) is 24.3 Å². The first-order chi connectivity index (χ1) is 9.32. The molecular formula is C14H19ClN2O3. The molecule has 0 saturated heterocycles. The lowest BCUT2D eigenvalue weighted by Crippen LogP contribution is -2.41. The summed E-state index contributed by atoms with van der Waals surface area (Å²) in [4.78, 5) is 24.2. The molecule has 0 aromatic heterocycles. The van der Waals surface area contributed by atoms with E-state index in [9.17, 15) is 9.59 Å². The Bertz CT molecular complexity index is 493. The smallest absolute Gasteiger partial charge is 0.317 e. The van der Waals surface area contributed by atoms with E-state index >= 15 is 0 Å². The molecule has 2 atom stereocenters. The summed E-state index contributed by atoms with van der Waals surface area (Å²) < 4.78 is 0. The zero-order valence-electron chi connectivity index (χ0n) is 11.8. The van der Waals surface area contributed by atoms with E-state index in [0.29, 0.717) is 5.02 Å². The normalized spacial score (nSPS) is 13.4. The second-order valence-electron chi connectivity index (χ2n) is 4.77. The van der Waals surface area contributed by atoms with Crippen molar-refractivity contribution in [1.29, 1.82) is 0 Å². The molecule has 0 spiro atoms. The molecule has 1 aromatic carbocycles. The SMILES string of the molecule is CC(CNC(=O)N(C)C(C)c1cccc(Cl)c1)C(=O)O. The lowest BCUT2D eigenvalue weighted by atomic mass is 10.1. The van der Waals surface area contributed by atoms with Gasteiger partial charge in [-0.3, -0.25) is 4.79 Å². The first-order valence-electron chi connectivity index (χ1n) is 6.32. The molecule has 0 saturated carbocycles. The van der Waals surface area contributed by atoms with E-state index < -0.39 is 11.9 Å². The van der Waals surface area contributed by atoms with Gasteiger partial charge in [0.05, 0.1) is 12.0 Å². The van der Waals surface area contributed by atoms with Crippen LogP contribution in [0.2, 0.25) is 5.02 Å². The van der Waals surface area contributed by atoms with E-state index in [-0.39, 0.29) is 18.6 Å². The molecule has 2 N–H and O–H groups in total. The molecule has 0 aliphatic carbocycles. The Morgan fingerprint density at radius 2 is 2.05 bits per heavy atom. The molecule has 110 valence electrons. The minimum atomic E-state index is -0.934. The summed E-state index contributed by atoms with van der Waals surface area (Å²) in [6.07, 6.45) is 0. The molecule has 0 fully saturated rings. The molecular weight excluding hydrogens is 280 g/mol. The fraction of sp³-hybridized carbons (Fsp3) is 0.429. The number of carbonyl (C=O) groups excluding carboxylic acids is 1. The molecule has 5 nitrogen and oxygen atoms in total. The summed E-state index contributed by atoms with van der Waals surface area (Å²) in [6, 6.07) is 6.81. The third kappa shape index (κ3) is 4.42. The maximum absolute atomic E-state index is 12.0. The molecule has 2 unspecified atom stereocenters. The highest BCUT2D eigenvalue weighted by molar-refractivity contribution is 6.30. The van der Waals surface area contributed by atoms with Gasteiger partial charge in [-0.15, -0.1) is 0 Å². The predicted molar refractivity (Wildman–Crippen MR) is 77.8 cm³/mol. The van der Waals surface area contributed by atoms with Crippen LogP contribution in [0.1, 0.15) is 25.5 Å². The predicted octanol–water partition coefficient (Wildman–Crippen LogP) is 2.76. The van der Waals surface area contributed by atoms with Crippen LogP contribution >= 0.6 is 11.6 Å². The van der Waals surface area contributed by atoms with Crippen LogP contribution in [0.4, 0.5) is 4.79 Å². The number of carboxylic acids is 1. The molecule has 0 heterocycles. The van der Waals surface area contributed by atoms with Gasteiger partial charge in [0.15, 0.2) is 0 Å². The number of hydrogen-bond donors (Lipinski definition) is 2. The number of rotatable bonds is 5. The summed E-state index contributed by atoms with van der Waals surface area (Å²) in [7, 11) is 1.66. The third-order valence-corrected chi connectivity index (χ3v) is 3.45. The summed E-state index contributed by atoms with van der Waals surface area (Å²) in [5.74, 6) is -1.55. The van der Waals surface area contributed by atoms with Gasteiger partial charge in [-0.2, -0.15) is 0 Å². The molecule has 2 amide bonds. The number of carbonyl (C=O) groups is 2. The molecule has 6 heteroatoms. The van der Waals surface area contributed by atoms with Gasteiger partial charge in [0, 0.05) is 18.6 Å². The fourth-order valence-electron chi connectivity index (χ4n) is 1.62. The average Bonchev–Trinajstić information content (AvgIpc) is 2.42. The number of nitrogens with zero attached hydrogens (tertiary/aromatic N) is 1. The van der Waals surface area contributed by atoms with Gasteiger partial charge >= 0.3 is 12.0 Å². The van der Waals surface area contributed by atoms with Gasteiger partial charge in [-0.1, -0.05) is 30.7 Å². The number of aliphatic carboxylic acids is 1. The Kier molecular flexibility index (Phi) is 5.82. The van der Waals surface area contributed by atoms with Gasteiger partial charge in [-0.25, -0.2) is 4.79 Å². The molecule has 1 rings (SSSR count). The van der Waals surface area contributed by atoms with Crippen molar-refractivity contribution in [2.24, 2.45) is 5.92 Å². The van der Waals surface area contributed by atoms with Crippen molar-refractivity contribution in [3.63, 3.8) is 0 Å². The molecule has 0 radical (unpaired) electrons. The topological polar surface area (TPSA) is 69.6 Å². The highest BCUT2D eigenvalue weighted by Crippen LogP contribution is 2.21. The van der Waals surface area contributed by atoms with Crippen molar-refractivity contribution in [2.75, 3.05) is 13.6 Å². The lowest BCUT2D eigenvalue weighted by molar-refractivity contribution is -0.140. The fourth-order valence-corrected chi connectivity index (χ4v) is 1.82. The van der Waals surface area contributed by atoms with E-state index in [1.54, 1.807) is 26.1 Å². The number of hydrogen-bond acceptors (Lipinski definition) is 2. The quantitative estimate of drug-likeness (QED) is 0.878. The van der Waals surface area contributed by atoms with Crippen LogP contribution in [-0.4, -0.2) is 35.6 Å². The van der Waals surface area contributed by atoms with Crippen LogP contribution in [0.5, 0.6) is 0 Å². The summed E-state index contributed by atoms with van der Waals surface area (Å²) in [5, 5.41) is 12.0. The lowest BCUT2D eigenvalue weighted by Gasteiger charge is -2.26. The van der Waals surface area contributed by atoms with Crippen LogP contribution in [0.25, 0.3) is 0 Å². The zero-order chi connectivity index (χ0) is 15.3. The zero-order valence-corrected chi connectivity index (χ0v) is 12.5. The second-order valence-corrected chi connectivity index (χ2v) is 5.20. The highest BCUT2D eigenvalue weighted by atomic mass is 35.5. The largest absolute Gasteiger partial charge is 0.481 e.